The fourth-order valence-corrected chi connectivity index (χ4v) is 22.1. The van der Waals surface area contributed by atoms with Crippen LogP contribution in [0.15, 0.2) is 57.2 Å². The summed E-state index contributed by atoms with van der Waals surface area (Å²) < 4.78 is 31.0. The Labute approximate surface area is 240 Å². The monoisotopic (exact) mass is 644 g/mol. The predicted octanol–water partition coefficient (Wildman–Crippen LogP) is 8.93. The van der Waals surface area contributed by atoms with Crippen molar-refractivity contribution in [2.75, 3.05) is 13.7 Å². The Bertz CT molecular complexity index is 1010. The molecule has 1 aliphatic rings. The molecule has 1 atom stereocenters. The summed E-state index contributed by atoms with van der Waals surface area (Å²) in [5, 5.41) is 4.11. The van der Waals surface area contributed by atoms with Crippen molar-refractivity contribution in [3.8, 4) is 5.75 Å². The van der Waals surface area contributed by atoms with Crippen LogP contribution in [0.25, 0.3) is 5.70 Å². The van der Waals surface area contributed by atoms with E-state index < -0.39 is 18.4 Å². The van der Waals surface area contributed by atoms with Crippen LogP contribution in [0.4, 0.5) is 4.39 Å². The quantitative estimate of drug-likeness (QED) is 0.186. The SMILES string of the molecule is CCC[CH2][Sn]([CH2]CCC)([CH2]CCC)/[C]1=C(\c2ccc(F)cc2)N=CCC[C@@H](COCc2ccc(OC)cc2)N1. The number of nitrogens with one attached hydrogen (secondary N) is 1. The van der Waals surface area contributed by atoms with E-state index in [9.17, 15) is 4.39 Å². The minimum absolute atomic E-state index is 0.203. The van der Waals surface area contributed by atoms with Crippen molar-refractivity contribution in [1.29, 1.82) is 0 Å². The summed E-state index contributed by atoms with van der Waals surface area (Å²) in [6.45, 7) is 8.16. The van der Waals surface area contributed by atoms with Gasteiger partial charge in [0.15, 0.2) is 0 Å². The van der Waals surface area contributed by atoms with Gasteiger partial charge in [-0.05, 0) is 0 Å². The van der Waals surface area contributed by atoms with Gasteiger partial charge < -0.3 is 0 Å². The Kier molecular flexibility index (Phi) is 13.9. The standard InChI is InChI=1S/C21H22FN2O2.3C4H9.Sn/c1-25-20-10-4-16(5-11-20)14-26-15-19-3-2-12-23-21(13-24-19)17-6-8-18(22)9-7-17;3*1-3-4-2;/h4-12,19,24H,2-3,14-15H2,1H3;3*1,3-4H2,2H3;/t19-;;;;/m0..../s1. The molecule has 1 heterocycles. The van der Waals surface area contributed by atoms with E-state index in [-0.39, 0.29) is 11.9 Å². The van der Waals surface area contributed by atoms with E-state index in [1.54, 1.807) is 19.2 Å². The molecule has 0 bridgehead atoms. The second-order valence-electron chi connectivity index (χ2n) is 10.9. The van der Waals surface area contributed by atoms with Gasteiger partial charge >= 0.3 is 241 Å². The number of rotatable bonds is 16. The van der Waals surface area contributed by atoms with Crippen LogP contribution in [-0.2, 0) is 11.3 Å². The van der Waals surface area contributed by atoms with E-state index >= 15 is 0 Å². The number of nitrogens with zero attached hydrogens (tertiary/aromatic N) is 1. The first-order chi connectivity index (χ1) is 19.0. The van der Waals surface area contributed by atoms with Crippen LogP contribution in [0.3, 0.4) is 0 Å². The van der Waals surface area contributed by atoms with Crippen molar-refractivity contribution in [3.05, 3.63) is 69.2 Å². The fraction of sp³-hybridized carbons (Fsp3) is 0.545. The van der Waals surface area contributed by atoms with E-state index in [0.29, 0.717) is 13.2 Å². The van der Waals surface area contributed by atoms with Gasteiger partial charge in [0.05, 0.1) is 0 Å². The second kappa shape index (κ2) is 17.1. The summed E-state index contributed by atoms with van der Waals surface area (Å²) in [5.41, 5.74) is 3.24. The van der Waals surface area contributed by atoms with Gasteiger partial charge in [-0.2, -0.15) is 0 Å². The summed E-state index contributed by atoms with van der Waals surface area (Å²) in [6.07, 6.45) is 11.4. The maximum atomic E-state index is 13.9. The van der Waals surface area contributed by atoms with E-state index in [4.69, 9.17) is 14.5 Å². The fourth-order valence-electron chi connectivity index (χ4n) is 5.53. The van der Waals surface area contributed by atoms with Gasteiger partial charge in [-0.25, -0.2) is 0 Å². The first-order valence-electron chi connectivity index (χ1n) is 15.1. The number of ether oxygens (including phenoxy) is 2. The summed E-state index contributed by atoms with van der Waals surface area (Å²) in [4.78, 5) is 5.10. The van der Waals surface area contributed by atoms with Crippen LogP contribution in [-0.4, -0.2) is 44.4 Å². The third kappa shape index (κ3) is 9.63. The van der Waals surface area contributed by atoms with Gasteiger partial charge in [0, 0.05) is 0 Å². The van der Waals surface area contributed by atoms with E-state index in [0.717, 1.165) is 35.4 Å². The molecule has 3 rings (SSSR count). The molecule has 0 amide bonds. The molecule has 0 aromatic heterocycles. The molecule has 0 radical (unpaired) electrons. The molecule has 1 N–H and O–H groups in total. The summed E-state index contributed by atoms with van der Waals surface area (Å²) >= 11 is -2.93. The van der Waals surface area contributed by atoms with Crippen molar-refractivity contribution in [3.63, 3.8) is 0 Å². The summed E-state index contributed by atoms with van der Waals surface area (Å²) in [7, 11) is 1.69. The third-order valence-corrected chi connectivity index (χ3v) is 23.2. The Balaban J connectivity index is 1.97. The number of aliphatic imine (C=N–C) groups is 1. The third-order valence-electron chi connectivity index (χ3n) is 7.87. The molecule has 4 nitrogen and oxygen atoms in total. The molecular weight excluding hydrogens is 594 g/mol. The van der Waals surface area contributed by atoms with Crippen molar-refractivity contribution < 1.29 is 13.9 Å². The Morgan fingerprint density at radius 3 is 2.08 bits per heavy atom. The van der Waals surface area contributed by atoms with Crippen LogP contribution in [0, 0.1) is 5.82 Å². The van der Waals surface area contributed by atoms with E-state index in [1.807, 2.05) is 24.3 Å². The van der Waals surface area contributed by atoms with E-state index in [1.165, 1.54) is 55.5 Å². The average Bonchev–Trinajstić information content (AvgIpc) is 2.95. The van der Waals surface area contributed by atoms with Gasteiger partial charge in [0.25, 0.3) is 0 Å². The van der Waals surface area contributed by atoms with Gasteiger partial charge in [0.1, 0.15) is 0 Å². The molecule has 214 valence electrons. The molecule has 2 aromatic carbocycles. The normalized spacial score (nSPS) is 17.9. The molecule has 1 aliphatic heterocycles. The van der Waals surface area contributed by atoms with Crippen LogP contribution in [0.2, 0.25) is 13.3 Å². The molecule has 0 saturated carbocycles. The predicted molar refractivity (Wildman–Crippen MR) is 166 cm³/mol. The molecule has 0 unspecified atom stereocenters. The zero-order chi connectivity index (χ0) is 27.9. The number of benzene rings is 2. The van der Waals surface area contributed by atoms with Crippen molar-refractivity contribution in [2.45, 2.75) is 98.1 Å². The van der Waals surface area contributed by atoms with Crippen molar-refractivity contribution in [1.82, 2.24) is 5.32 Å². The molecule has 0 saturated heterocycles. The maximum absolute atomic E-state index is 13.9. The first-order valence-corrected chi connectivity index (χ1v) is 22.5. The first kappa shape index (κ1) is 31.7. The Hall–Kier alpha value is -1.86. The van der Waals surface area contributed by atoms with Crippen LogP contribution in [0.5, 0.6) is 5.75 Å². The second-order valence-corrected chi connectivity index (χ2v) is 23.9. The van der Waals surface area contributed by atoms with Crippen molar-refractivity contribution in [2.24, 2.45) is 4.99 Å². The molecule has 39 heavy (non-hydrogen) atoms. The number of hydrogen-bond acceptors (Lipinski definition) is 4. The van der Waals surface area contributed by atoms with E-state index in [2.05, 4.69) is 44.4 Å². The molecule has 0 fully saturated rings. The van der Waals surface area contributed by atoms with Crippen LogP contribution in [0.1, 0.15) is 83.3 Å². The zero-order valence-electron chi connectivity index (χ0n) is 24.6. The summed E-state index contributed by atoms with van der Waals surface area (Å²) in [6, 6.07) is 15.3. The molecule has 0 aliphatic carbocycles. The summed E-state index contributed by atoms with van der Waals surface area (Å²) in [5.74, 6) is 0.657. The molecule has 2 aromatic rings. The number of methoxy groups -OCH3 is 1. The Morgan fingerprint density at radius 2 is 1.51 bits per heavy atom. The number of unbranched alkanes of at least 4 members (excludes halogenated alkanes) is 3. The molecular formula is C33H49FN2O2Sn. The van der Waals surface area contributed by atoms with Crippen molar-refractivity contribution >= 4 is 30.3 Å². The molecule has 0 spiro atoms. The van der Waals surface area contributed by atoms with Gasteiger partial charge in [-0.1, -0.05) is 0 Å². The minimum atomic E-state index is -2.93. The zero-order valence-corrected chi connectivity index (χ0v) is 27.5. The average molecular weight is 643 g/mol. The Morgan fingerprint density at radius 1 is 0.897 bits per heavy atom. The number of halogens is 1. The van der Waals surface area contributed by atoms with Crippen LogP contribution >= 0.6 is 0 Å². The number of hydrogen-bond donors (Lipinski definition) is 1. The van der Waals surface area contributed by atoms with Gasteiger partial charge in [-0.15, -0.1) is 0 Å². The van der Waals surface area contributed by atoms with Gasteiger partial charge in [0.2, 0.25) is 0 Å². The van der Waals surface area contributed by atoms with Crippen LogP contribution < -0.4 is 10.1 Å². The molecule has 6 heteroatoms. The topological polar surface area (TPSA) is 42.9 Å². The van der Waals surface area contributed by atoms with Gasteiger partial charge in [-0.3, -0.25) is 0 Å².